The van der Waals surface area contributed by atoms with Crippen LogP contribution in [-0.2, 0) is 4.74 Å². The quantitative estimate of drug-likeness (QED) is 0.854. The molecule has 1 aromatic heterocycles. The molecule has 5 nitrogen and oxygen atoms in total. The first-order chi connectivity index (χ1) is 10.1. The lowest BCUT2D eigenvalue weighted by atomic mass is 10.2. The van der Waals surface area contributed by atoms with Gasteiger partial charge >= 0.3 is 0 Å². The number of aromatic nitrogens is 1. The smallest absolute Gasteiger partial charge is 0.275 e. The van der Waals surface area contributed by atoms with E-state index in [1.54, 1.807) is 17.5 Å². The first-order valence-electron chi connectivity index (χ1n) is 6.82. The molecule has 0 radical (unpaired) electrons. The largest absolute Gasteiger partial charge is 0.506 e. The molecule has 6 heteroatoms. The Balaban J connectivity index is 1.76. The van der Waals surface area contributed by atoms with Crippen molar-refractivity contribution < 1.29 is 14.6 Å². The van der Waals surface area contributed by atoms with Gasteiger partial charge in [-0.15, -0.1) is 11.3 Å². The number of thiazole rings is 1. The molecule has 2 N–H and O–H groups in total. The van der Waals surface area contributed by atoms with Crippen LogP contribution in [0.15, 0.2) is 23.6 Å². The fourth-order valence-electron chi connectivity index (χ4n) is 2.30. The SMILES string of the molecule is Cc1cccc(O)c1NC(=O)c1csc([C@H]2CCCO2)n1. The third-order valence-electron chi connectivity index (χ3n) is 3.45. The lowest BCUT2D eigenvalue weighted by molar-refractivity contribution is 0.101. The standard InChI is InChI=1S/C15H16N2O3S/c1-9-4-2-5-11(18)13(9)17-14(19)10-8-21-15(16-10)12-6-3-7-20-12/h2,4-5,8,12,18H,3,6-7H2,1H3,(H,17,19)/t12-/m1/s1. The van der Waals surface area contributed by atoms with E-state index >= 15 is 0 Å². The highest BCUT2D eigenvalue weighted by molar-refractivity contribution is 7.09. The van der Waals surface area contributed by atoms with Crippen LogP contribution in [0.4, 0.5) is 5.69 Å². The minimum absolute atomic E-state index is 0.0171. The molecule has 0 spiro atoms. The third-order valence-corrected chi connectivity index (χ3v) is 4.39. The van der Waals surface area contributed by atoms with Crippen molar-refractivity contribution in [3.05, 3.63) is 39.8 Å². The van der Waals surface area contributed by atoms with Crippen LogP contribution in [0, 0.1) is 6.92 Å². The van der Waals surface area contributed by atoms with Gasteiger partial charge in [-0.2, -0.15) is 0 Å². The molecule has 0 unspecified atom stereocenters. The van der Waals surface area contributed by atoms with Gasteiger partial charge in [0.1, 0.15) is 22.6 Å². The molecule has 2 heterocycles. The summed E-state index contributed by atoms with van der Waals surface area (Å²) in [5, 5.41) is 15.1. The van der Waals surface area contributed by atoms with Crippen LogP contribution in [0.25, 0.3) is 0 Å². The van der Waals surface area contributed by atoms with E-state index in [9.17, 15) is 9.90 Å². The number of carbonyl (C=O) groups excluding carboxylic acids is 1. The van der Waals surface area contributed by atoms with E-state index in [1.807, 2.05) is 13.0 Å². The van der Waals surface area contributed by atoms with E-state index < -0.39 is 0 Å². The van der Waals surface area contributed by atoms with Crippen molar-refractivity contribution in [1.29, 1.82) is 0 Å². The van der Waals surface area contributed by atoms with E-state index in [2.05, 4.69) is 10.3 Å². The number of nitrogens with one attached hydrogen (secondary N) is 1. The van der Waals surface area contributed by atoms with Gasteiger partial charge < -0.3 is 15.2 Å². The molecule has 0 bridgehead atoms. The minimum Gasteiger partial charge on any atom is -0.506 e. The van der Waals surface area contributed by atoms with E-state index in [1.165, 1.54) is 11.3 Å². The van der Waals surface area contributed by atoms with Gasteiger partial charge in [-0.3, -0.25) is 4.79 Å². The molecule has 1 atom stereocenters. The van der Waals surface area contributed by atoms with E-state index in [0.29, 0.717) is 11.4 Å². The zero-order valence-electron chi connectivity index (χ0n) is 11.6. The molecule has 1 aliphatic rings. The van der Waals surface area contributed by atoms with E-state index in [4.69, 9.17) is 4.74 Å². The predicted molar refractivity (Wildman–Crippen MR) is 80.8 cm³/mol. The summed E-state index contributed by atoms with van der Waals surface area (Å²) in [6.45, 7) is 2.58. The van der Waals surface area contributed by atoms with E-state index in [-0.39, 0.29) is 17.8 Å². The summed E-state index contributed by atoms with van der Waals surface area (Å²) < 4.78 is 5.56. The topological polar surface area (TPSA) is 71.5 Å². The van der Waals surface area contributed by atoms with Gasteiger partial charge in [-0.25, -0.2) is 4.98 Å². The molecule has 1 amide bonds. The summed E-state index contributed by atoms with van der Waals surface area (Å²) in [6, 6.07) is 5.11. The third kappa shape index (κ3) is 2.91. The first kappa shape index (κ1) is 14.0. The Hall–Kier alpha value is -1.92. The fraction of sp³-hybridized carbons (Fsp3) is 0.333. The van der Waals surface area contributed by atoms with Crippen LogP contribution in [0.3, 0.4) is 0 Å². The van der Waals surface area contributed by atoms with Crippen molar-refractivity contribution in [2.75, 3.05) is 11.9 Å². The van der Waals surface area contributed by atoms with Crippen molar-refractivity contribution in [3.8, 4) is 5.75 Å². The molecule has 3 rings (SSSR count). The predicted octanol–water partition coefficient (Wildman–Crippen LogP) is 3.26. The molecular weight excluding hydrogens is 288 g/mol. The molecule has 1 saturated heterocycles. The van der Waals surface area contributed by atoms with Crippen LogP contribution in [0.2, 0.25) is 0 Å². The minimum atomic E-state index is -0.319. The molecule has 110 valence electrons. The molecule has 1 aromatic carbocycles. The van der Waals surface area contributed by atoms with Crippen LogP contribution in [-0.4, -0.2) is 22.6 Å². The van der Waals surface area contributed by atoms with Crippen molar-refractivity contribution in [2.45, 2.75) is 25.9 Å². The number of aromatic hydroxyl groups is 1. The number of para-hydroxylation sites is 1. The highest BCUT2D eigenvalue weighted by Crippen LogP contribution is 2.31. The molecular formula is C15H16N2O3S. The molecule has 2 aromatic rings. The van der Waals surface area contributed by atoms with Gasteiger partial charge in [0, 0.05) is 12.0 Å². The second kappa shape index (κ2) is 5.83. The Kier molecular flexibility index (Phi) is 3.90. The molecule has 1 fully saturated rings. The highest BCUT2D eigenvalue weighted by atomic mass is 32.1. The highest BCUT2D eigenvalue weighted by Gasteiger charge is 2.22. The first-order valence-corrected chi connectivity index (χ1v) is 7.70. The number of nitrogens with zero attached hydrogens (tertiary/aromatic N) is 1. The van der Waals surface area contributed by atoms with Gasteiger partial charge in [0.15, 0.2) is 0 Å². The fourth-order valence-corrected chi connectivity index (χ4v) is 3.19. The average molecular weight is 304 g/mol. The van der Waals surface area contributed by atoms with Crippen LogP contribution in [0.1, 0.15) is 40.0 Å². The Morgan fingerprint density at radius 3 is 3.10 bits per heavy atom. The van der Waals surface area contributed by atoms with Crippen LogP contribution in [0.5, 0.6) is 5.75 Å². The monoisotopic (exact) mass is 304 g/mol. The van der Waals surface area contributed by atoms with Crippen LogP contribution < -0.4 is 5.32 Å². The lowest BCUT2D eigenvalue weighted by Gasteiger charge is -2.09. The Bertz CT molecular complexity index is 642. The Labute approximate surface area is 126 Å². The van der Waals surface area contributed by atoms with Crippen molar-refractivity contribution in [3.63, 3.8) is 0 Å². The number of ether oxygens (including phenoxy) is 1. The van der Waals surface area contributed by atoms with Crippen molar-refractivity contribution in [2.24, 2.45) is 0 Å². The number of carbonyl (C=O) groups is 1. The summed E-state index contributed by atoms with van der Waals surface area (Å²) in [7, 11) is 0. The number of phenolic OH excluding ortho intramolecular Hbond substituents is 1. The summed E-state index contributed by atoms with van der Waals surface area (Å²) in [4.78, 5) is 16.6. The van der Waals surface area contributed by atoms with E-state index in [0.717, 1.165) is 30.0 Å². The Morgan fingerprint density at radius 1 is 1.52 bits per heavy atom. The molecule has 0 saturated carbocycles. The maximum absolute atomic E-state index is 12.2. The number of hydrogen-bond acceptors (Lipinski definition) is 5. The van der Waals surface area contributed by atoms with Gasteiger partial charge in [0.2, 0.25) is 0 Å². The second-order valence-electron chi connectivity index (χ2n) is 5.00. The number of benzene rings is 1. The lowest BCUT2D eigenvalue weighted by Crippen LogP contribution is -2.13. The average Bonchev–Trinajstić information content (AvgIpc) is 3.12. The van der Waals surface area contributed by atoms with Crippen LogP contribution >= 0.6 is 11.3 Å². The van der Waals surface area contributed by atoms with Gasteiger partial charge in [0.25, 0.3) is 5.91 Å². The number of aryl methyl sites for hydroxylation is 1. The summed E-state index contributed by atoms with van der Waals surface area (Å²) in [5.74, 6) is -0.266. The number of phenols is 1. The van der Waals surface area contributed by atoms with Gasteiger partial charge in [-0.05, 0) is 31.4 Å². The molecule has 0 aliphatic carbocycles. The zero-order valence-corrected chi connectivity index (χ0v) is 12.4. The summed E-state index contributed by atoms with van der Waals surface area (Å²) in [6.07, 6.45) is 2.00. The second-order valence-corrected chi connectivity index (χ2v) is 5.89. The number of rotatable bonds is 3. The summed E-state index contributed by atoms with van der Waals surface area (Å²) >= 11 is 1.43. The number of anilines is 1. The van der Waals surface area contributed by atoms with Gasteiger partial charge in [0.05, 0.1) is 5.69 Å². The number of amides is 1. The molecule has 21 heavy (non-hydrogen) atoms. The van der Waals surface area contributed by atoms with Crippen molar-refractivity contribution >= 4 is 22.9 Å². The maximum atomic E-state index is 12.2. The zero-order chi connectivity index (χ0) is 14.8. The summed E-state index contributed by atoms with van der Waals surface area (Å²) in [5.41, 5.74) is 1.58. The maximum Gasteiger partial charge on any atom is 0.275 e. The molecule has 1 aliphatic heterocycles. The number of hydrogen-bond donors (Lipinski definition) is 2. The van der Waals surface area contributed by atoms with Gasteiger partial charge in [-0.1, -0.05) is 12.1 Å². The Morgan fingerprint density at radius 2 is 2.38 bits per heavy atom. The normalized spacial score (nSPS) is 17.9. The van der Waals surface area contributed by atoms with Crippen molar-refractivity contribution in [1.82, 2.24) is 4.98 Å².